The molecule has 1 aromatic rings. The highest BCUT2D eigenvalue weighted by atomic mass is 19.1. The number of carboxylic acid groups (broad SMARTS) is 1. The number of likely N-dealkylation sites (tertiary alicyclic amines) is 2. The van der Waals surface area contributed by atoms with Gasteiger partial charge in [-0.25, -0.2) is 9.18 Å². The first-order valence-corrected chi connectivity index (χ1v) is 7.01. The topological polar surface area (TPSA) is 43.8 Å². The van der Waals surface area contributed by atoms with Crippen molar-refractivity contribution in [1.82, 2.24) is 9.80 Å². The summed E-state index contributed by atoms with van der Waals surface area (Å²) in [5, 5.41) is 9.14. The van der Waals surface area contributed by atoms with Crippen LogP contribution in [0.3, 0.4) is 0 Å². The summed E-state index contributed by atoms with van der Waals surface area (Å²) in [5.74, 6) is 0.644. The van der Waals surface area contributed by atoms with E-state index in [2.05, 4.69) is 4.90 Å². The Kier molecular flexibility index (Phi) is 3.38. The van der Waals surface area contributed by atoms with Gasteiger partial charge < -0.3 is 10.0 Å². The predicted octanol–water partition coefficient (Wildman–Crippen LogP) is 2.26. The van der Waals surface area contributed by atoms with Gasteiger partial charge in [0.05, 0.1) is 0 Å². The second-order valence-corrected chi connectivity index (χ2v) is 5.92. The monoisotopic (exact) mass is 278 g/mol. The van der Waals surface area contributed by atoms with Gasteiger partial charge in [-0.15, -0.1) is 0 Å². The molecule has 3 atom stereocenters. The maximum atomic E-state index is 12.9. The number of rotatable bonds is 2. The van der Waals surface area contributed by atoms with E-state index in [1.54, 1.807) is 4.90 Å². The molecule has 0 saturated carbocycles. The quantitative estimate of drug-likeness (QED) is 0.902. The van der Waals surface area contributed by atoms with Crippen molar-refractivity contribution in [2.75, 3.05) is 19.6 Å². The Morgan fingerprint density at radius 1 is 1.30 bits per heavy atom. The van der Waals surface area contributed by atoms with Gasteiger partial charge in [-0.3, -0.25) is 4.90 Å². The lowest BCUT2D eigenvalue weighted by Gasteiger charge is -2.24. The highest BCUT2D eigenvalue weighted by Crippen LogP contribution is 2.36. The fraction of sp³-hybridized carbons (Fsp3) is 0.533. The van der Waals surface area contributed by atoms with Crippen molar-refractivity contribution in [2.24, 2.45) is 11.8 Å². The van der Waals surface area contributed by atoms with Gasteiger partial charge in [-0.2, -0.15) is 0 Å². The number of hydrogen-bond donors (Lipinski definition) is 1. The van der Waals surface area contributed by atoms with E-state index >= 15 is 0 Å². The molecule has 0 aromatic heterocycles. The third kappa shape index (κ3) is 2.38. The minimum absolute atomic E-state index is 0.0933. The summed E-state index contributed by atoms with van der Waals surface area (Å²) in [4.78, 5) is 15.0. The first-order valence-electron chi connectivity index (χ1n) is 7.01. The number of carbonyl (C=O) groups is 1. The molecule has 5 heteroatoms. The van der Waals surface area contributed by atoms with Crippen LogP contribution in [0.2, 0.25) is 0 Å². The van der Waals surface area contributed by atoms with Crippen molar-refractivity contribution >= 4 is 6.09 Å². The van der Waals surface area contributed by atoms with Crippen LogP contribution in [0.1, 0.15) is 12.5 Å². The Hall–Kier alpha value is -1.62. The standard InChI is InChI=1S/C15H19FN2O2/c1-10-14-9-17(6-11-2-4-13(16)5-3-11)7-12(14)8-18(10)15(19)20/h2-5,10,12,14H,6-9H2,1H3,(H,19,20)/t10-,12+,14-/m0/s1. The molecule has 4 nitrogen and oxygen atoms in total. The first-order chi connectivity index (χ1) is 9.54. The summed E-state index contributed by atoms with van der Waals surface area (Å²) in [5.41, 5.74) is 1.11. The Morgan fingerprint density at radius 2 is 2.00 bits per heavy atom. The van der Waals surface area contributed by atoms with Gasteiger partial charge in [0.25, 0.3) is 0 Å². The van der Waals surface area contributed by atoms with Crippen LogP contribution in [0.4, 0.5) is 9.18 Å². The molecule has 20 heavy (non-hydrogen) atoms. The largest absolute Gasteiger partial charge is 0.465 e. The minimum Gasteiger partial charge on any atom is -0.465 e. The molecule has 2 fully saturated rings. The molecule has 2 heterocycles. The van der Waals surface area contributed by atoms with Gasteiger partial charge in [0.15, 0.2) is 0 Å². The van der Waals surface area contributed by atoms with Crippen LogP contribution in [-0.4, -0.2) is 46.7 Å². The molecule has 2 saturated heterocycles. The van der Waals surface area contributed by atoms with Gasteiger partial charge in [-0.05, 0) is 36.5 Å². The normalized spacial score (nSPS) is 29.7. The van der Waals surface area contributed by atoms with E-state index in [0.29, 0.717) is 18.4 Å². The lowest BCUT2D eigenvalue weighted by Crippen LogP contribution is -2.37. The van der Waals surface area contributed by atoms with E-state index in [1.165, 1.54) is 12.1 Å². The lowest BCUT2D eigenvalue weighted by molar-refractivity contribution is 0.132. The summed E-state index contributed by atoms with van der Waals surface area (Å²) < 4.78 is 12.9. The van der Waals surface area contributed by atoms with E-state index in [9.17, 15) is 9.18 Å². The van der Waals surface area contributed by atoms with Crippen LogP contribution in [-0.2, 0) is 6.54 Å². The van der Waals surface area contributed by atoms with E-state index in [4.69, 9.17) is 5.11 Å². The van der Waals surface area contributed by atoms with Gasteiger partial charge >= 0.3 is 6.09 Å². The van der Waals surface area contributed by atoms with E-state index in [-0.39, 0.29) is 11.9 Å². The molecule has 0 spiro atoms. The highest BCUT2D eigenvalue weighted by Gasteiger charge is 2.46. The average molecular weight is 278 g/mol. The summed E-state index contributed by atoms with van der Waals surface area (Å²) in [6, 6.07) is 6.70. The van der Waals surface area contributed by atoms with Crippen LogP contribution >= 0.6 is 0 Å². The average Bonchev–Trinajstić information content (AvgIpc) is 2.92. The molecule has 2 aliphatic rings. The van der Waals surface area contributed by atoms with Crippen molar-refractivity contribution in [3.05, 3.63) is 35.6 Å². The van der Waals surface area contributed by atoms with E-state index < -0.39 is 6.09 Å². The van der Waals surface area contributed by atoms with Crippen LogP contribution in [0, 0.1) is 17.7 Å². The molecule has 2 aliphatic heterocycles. The van der Waals surface area contributed by atoms with Crippen LogP contribution < -0.4 is 0 Å². The number of nitrogens with zero attached hydrogens (tertiary/aromatic N) is 2. The SMILES string of the molecule is C[C@H]1[C@@H]2CN(Cc3ccc(F)cc3)C[C@@H]2CN1C(=O)O. The van der Waals surface area contributed by atoms with Crippen molar-refractivity contribution in [2.45, 2.75) is 19.5 Å². The first kappa shape index (κ1) is 13.4. The highest BCUT2D eigenvalue weighted by molar-refractivity contribution is 5.66. The second kappa shape index (κ2) is 5.05. The maximum absolute atomic E-state index is 12.9. The Balaban J connectivity index is 1.62. The van der Waals surface area contributed by atoms with Crippen LogP contribution in [0.5, 0.6) is 0 Å². The van der Waals surface area contributed by atoms with Crippen molar-refractivity contribution in [3.63, 3.8) is 0 Å². The predicted molar refractivity (Wildman–Crippen MR) is 72.8 cm³/mol. The summed E-state index contributed by atoms with van der Waals surface area (Å²) >= 11 is 0. The molecular weight excluding hydrogens is 259 g/mol. The Labute approximate surface area is 117 Å². The molecule has 1 N–H and O–H groups in total. The number of benzene rings is 1. The fourth-order valence-corrected chi connectivity index (χ4v) is 3.61. The third-order valence-electron chi connectivity index (χ3n) is 4.67. The molecule has 0 radical (unpaired) electrons. The second-order valence-electron chi connectivity index (χ2n) is 5.92. The zero-order valence-corrected chi connectivity index (χ0v) is 11.5. The summed E-state index contributed by atoms with van der Waals surface area (Å²) in [6.45, 7) is 5.30. The van der Waals surface area contributed by atoms with Crippen molar-refractivity contribution < 1.29 is 14.3 Å². The molecule has 0 unspecified atom stereocenters. The number of hydrogen-bond acceptors (Lipinski definition) is 2. The van der Waals surface area contributed by atoms with Crippen LogP contribution in [0.15, 0.2) is 24.3 Å². The Morgan fingerprint density at radius 3 is 2.60 bits per heavy atom. The van der Waals surface area contributed by atoms with E-state index in [1.807, 2.05) is 19.1 Å². The molecule has 0 aliphatic carbocycles. The minimum atomic E-state index is -0.808. The molecular formula is C15H19FN2O2. The van der Waals surface area contributed by atoms with Crippen molar-refractivity contribution in [1.29, 1.82) is 0 Å². The smallest absolute Gasteiger partial charge is 0.407 e. The van der Waals surface area contributed by atoms with Crippen LogP contribution in [0.25, 0.3) is 0 Å². The van der Waals surface area contributed by atoms with Gasteiger partial charge in [0.1, 0.15) is 5.82 Å². The number of fused-ring (bicyclic) bond motifs is 1. The van der Waals surface area contributed by atoms with Gasteiger partial charge in [0, 0.05) is 32.2 Å². The third-order valence-corrected chi connectivity index (χ3v) is 4.67. The number of amides is 1. The molecule has 0 bridgehead atoms. The molecule has 1 aromatic carbocycles. The summed E-state index contributed by atoms with van der Waals surface area (Å²) in [6.07, 6.45) is -0.808. The zero-order chi connectivity index (χ0) is 14.3. The Bertz CT molecular complexity index is 505. The lowest BCUT2D eigenvalue weighted by atomic mass is 9.95. The molecule has 1 amide bonds. The fourth-order valence-electron chi connectivity index (χ4n) is 3.61. The molecule has 3 rings (SSSR count). The van der Waals surface area contributed by atoms with Gasteiger partial charge in [-0.1, -0.05) is 12.1 Å². The summed E-state index contributed by atoms with van der Waals surface area (Å²) in [7, 11) is 0. The molecule has 108 valence electrons. The van der Waals surface area contributed by atoms with E-state index in [0.717, 1.165) is 25.2 Å². The van der Waals surface area contributed by atoms with Crippen molar-refractivity contribution in [3.8, 4) is 0 Å². The number of halogens is 1. The van der Waals surface area contributed by atoms with Gasteiger partial charge in [0.2, 0.25) is 0 Å². The zero-order valence-electron chi connectivity index (χ0n) is 11.5. The maximum Gasteiger partial charge on any atom is 0.407 e.